The van der Waals surface area contributed by atoms with Crippen LogP contribution in [0.2, 0.25) is 10.0 Å². The molecule has 262 valence electrons. The maximum absolute atomic E-state index is 14.8. The van der Waals surface area contributed by atoms with Crippen LogP contribution >= 0.6 is 35.0 Å². The number of aliphatic imine (C=N–C) groups is 1. The molecule has 3 heterocycles. The van der Waals surface area contributed by atoms with Crippen molar-refractivity contribution >= 4 is 52.7 Å². The molecule has 2 aromatic carbocycles. The number of piperazine rings is 1. The monoisotopic (exact) mass is 735 g/mol. The minimum atomic E-state index is -4.52. The number of benzene rings is 2. The van der Waals surface area contributed by atoms with Crippen LogP contribution in [0, 0.1) is 0 Å². The minimum absolute atomic E-state index is 0.0973. The van der Waals surface area contributed by atoms with Crippen molar-refractivity contribution in [2.75, 3.05) is 63.9 Å². The molecule has 3 unspecified atom stereocenters. The molecule has 2 saturated heterocycles. The number of ether oxygens (including phenoxy) is 1. The summed E-state index contributed by atoms with van der Waals surface area (Å²) >= 11 is 14.4. The van der Waals surface area contributed by atoms with Crippen LogP contribution in [0.3, 0.4) is 0 Å². The van der Waals surface area contributed by atoms with Crippen LogP contribution < -0.4 is 0 Å². The second-order valence-corrected chi connectivity index (χ2v) is 14.4. The average molecular weight is 737 g/mol. The van der Waals surface area contributed by atoms with Gasteiger partial charge in [-0.2, -0.15) is 24.9 Å². The summed E-state index contributed by atoms with van der Waals surface area (Å²) in [6, 6.07) is 12.8. The summed E-state index contributed by atoms with van der Waals surface area (Å²) in [4.78, 5) is 40.1. The number of rotatable bonds is 7. The van der Waals surface area contributed by atoms with E-state index in [4.69, 9.17) is 32.9 Å². The van der Waals surface area contributed by atoms with Gasteiger partial charge in [0, 0.05) is 85.0 Å². The van der Waals surface area contributed by atoms with Crippen molar-refractivity contribution in [1.29, 1.82) is 0 Å². The van der Waals surface area contributed by atoms with Crippen LogP contribution in [-0.4, -0.2) is 114 Å². The minimum Gasteiger partial charge on any atom is -0.373 e. The number of halogens is 5. The Morgan fingerprint density at radius 2 is 1.49 bits per heavy atom. The molecule has 6 rings (SSSR count). The molecule has 3 atom stereocenters. The molecule has 2 aromatic rings. The number of carbonyl (C=O) groups excluding carboxylic acids is 2. The summed E-state index contributed by atoms with van der Waals surface area (Å²) in [5, 5.41) is 1.06. The lowest BCUT2D eigenvalue weighted by Gasteiger charge is -2.40. The first-order valence-corrected chi connectivity index (χ1v) is 18.3. The Balaban J connectivity index is 1.35. The van der Waals surface area contributed by atoms with E-state index in [0.717, 1.165) is 41.8 Å². The van der Waals surface area contributed by atoms with Crippen molar-refractivity contribution in [3.8, 4) is 0 Å². The van der Waals surface area contributed by atoms with Crippen molar-refractivity contribution < 1.29 is 27.5 Å². The van der Waals surface area contributed by atoms with E-state index in [0.29, 0.717) is 48.3 Å². The van der Waals surface area contributed by atoms with Crippen LogP contribution in [0.1, 0.15) is 36.6 Å². The third-order valence-corrected chi connectivity index (χ3v) is 10.7. The fourth-order valence-electron chi connectivity index (χ4n) is 6.68. The van der Waals surface area contributed by atoms with Gasteiger partial charge in [0.15, 0.2) is 0 Å². The molecule has 1 aliphatic carbocycles. The SMILES string of the molecule is CCOC1CC(C(F)(F)F)=CC=C1C1=NC(c2ccc(Cl)cc2)C(c2ccc(Cl)cc2)N1C(=O)N1CCN(CC(=O)N2CCSCC2)CC1. The van der Waals surface area contributed by atoms with E-state index >= 15 is 0 Å². The highest BCUT2D eigenvalue weighted by atomic mass is 35.5. The molecule has 3 amide bonds. The molecule has 0 spiro atoms. The third-order valence-electron chi connectivity index (χ3n) is 9.27. The van der Waals surface area contributed by atoms with Gasteiger partial charge in [0.05, 0.1) is 18.7 Å². The molecular weight excluding hydrogens is 698 g/mol. The highest BCUT2D eigenvalue weighted by molar-refractivity contribution is 7.99. The number of amides is 3. The van der Waals surface area contributed by atoms with Crippen LogP contribution in [0.5, 0.6) is 0 Å². The third kappa shape index (κ3) is 8.14. The second-order valence-electron chi connectivity index (χ2n) is 12.3. The summed E-state index contributed by atoms with van der Waals surface area (Å²) in [7, 11) is 0. The number of allylic oxidation sites excluding steroid dienone is 2. The summed E-state index contributed by atoms with van der Waals surface area (Å²) < 4.78 is 47.5. The molecule has 0 radical (unpaired) electrons. The Bertz CT molecular complexity index is 1610. The fourth-order valence-corrected chi connectivity index (χ4v) is 7.83. The van der Waals surface area contributed by atoms with Gasteiger partial charge in [0.2, 0.25) is 5.91 Å². The summed E-state index contributed by atoms with van der Waals surface area (Å²) in [5.74, 6) is 2.24. The van der Waals surface area contributed by atoms with E-state index in [2.05, 4.69) is 4.90 Å². The number of alkyl halides is 3. The molecule has 8 nitrogen and oxygen atoms in total. The van der Waals surface area contributed by atoms with E-state index in [1.54, 1.807) is 41.0 Å². The molecule has 4 aliphatic rings. The highest BCUT2D eigenvalue weighted by Crippen LogP contribution is 2.46. The zero-order chi connectivity index (χ0) is 34.7. The van der Waals surface area contributed by atoms with Crippen molar-refractivity contribution in [1.82, 2.24) is 19.6 Å². The number of carbonyl (C=O) groups is 2. The quantitative estimate of drug-likeness (QED) is 0.306. The zero-order valence-electron chi connectivity index (χ0n) is 27.0. The summed E-state index contributed by atoms with van der Waals surface area (Å²) in [5.41, 5.74) is 1.25. The van der Waals surface area contributed by atoms with E-state index < -0.39 is 36.4 Å². The summed E-state index contributed by atoms with van der Waals surface area (Å²) in [6.07, 6.45) is -3.44. The maximum Gasteiger partial charge on any atom is 0.412 e. The molecule has 2 fully saturated rings. The number of urea groups is 1. The zero-order valence-corrected chi connectivity index (χ0v) is 29.4. The van der Waals surface area contributed by atoms with Crippen LogP contribution in [0.4, 0.5) is 18.0 Å². The van der Waals surface area contributed by atoms with E-state index in [1.807, 2.05) is 40.9 Å². The highest BCUT2D eigenvalue weighted by Gasteiger charge is 2.47. The van der Waals surface area contributed by atoms with Gasteiger partial charge in [-0.25, -0.2) is 4.79 Å². The maximum atomic E-state index is 14.8. The molecule has 0 N–H and O–H groups in total. The molecule has 3 aliphatic heterocycles. The van der Waals surface area contributed by atoms with Gasteiger partial charge in [-0.3, -0.25) is 19.6 Å². The van der Waals surface area contributed by atoms with E-state index in [-0.39, 0.29) is 24.4 Å². The number of nitrogens with zero attached hydrogens (tertiary/aromatic N) is 5. The van der Waals surface area contributed by atoms with Crippen molar-refractivity contribution in [2.45, 2.75) is 37.7 Å². The average Bonchev–Trinajstić information content (AvgIpc) is 3.49. The standard InChI is InChI=1S/C35H38Cl2F3N5O3S/c1-2-48-29-21-25(35(38,39)40)7-12-28(29)33-41-31(23-3-8-26(36)9-4-23)32(24-5-10-27(37)11-6-24)45(33)34(47)44-15-13-42(14-16-44)22-30(46)43-17-19-49-20-18-43/h3-12,29,31-32H,2,13-22H2,1H3. The van der Waals surface area contributed by atoms with Crippen molar-refractivity contribution in [3.63, 3.8) is 0 Å². The first-order valence-electron chi connectivity index (χ1n) is 16.4. The fraction of sp³-hybridized carbons (Fsp3) is 0.457. The molecule has 0 bridgehead atoms. The smallest absolute Gasteiger partial charge is 0.373 e. The van der Waals surface area contributed by atoms with Gasteiger partial charge in [-0.15, -0.1) is 0 Å². The molecule has 14 heteroatoms. The van der Waals surface area contributed by atoms with Crippen molar-refractivity contribution in [2.24, 2.45) is 4.99 Å². The lowest BCUT2D eigenvalue weighted by molar-refractivity contribution is -0.132. The molecule has 0 saturated carbocycles. The Labute approximate surface area is 298 Å². The molecular formula is C35H38Cl2F3N5O3S. The lowest BCUT2D eigenvalue weighted by Crippen LogP contribution is -2.56. The first-order chi connectivity index (χ1) is 23.5. The van der Waals surface area contributed by atoms with Crippen molar-refractivity contribution in [3.05, 3.63) is 93.0 Å². The number of hydrogen-bond acceptors (Lipinski definition) is 6. The van der Waals surface area contributed by atoms with E-state index in [9.17, 15) is 22.8 Å². The van der Waals surface area contributed by atoms with Gasteiger partial charge in [0.1, 0.15) is 11.9 Å². The topological polar surface area (TPSA) is 68.7 Å². The largest absolute Gasteiger partial charge is 0.412 e. The summed E-state index contributed by atoms with van der Waals surface area (Å²) in [6.45, 7) is 5.45. The number of amidine groups is 1. The predicted molar refractivity (Wildman–Crippen MR) is 187 cm³/mol. The van der Waals surface area contributed by atoms with Crippen LogP contribution in [0.15, 0.2) is 76.8 Å². The van der Waals surface area contributed by atoms with Gasteiger partial charge in [0.25, 0.3) is 0 Å². The van der Waals surface area contributed by atoms with Gasteiger partial charge < -0.3 is 14.5 Å². The Morgan fingerprint density at radius 1 is 0.878 bits per heavy atom. The van der Waals surface area contributed by atoms with E-state index in [1.165, 1.54) is 6.08 Å². The normalized spacial score (nSPS) is 23.7. The van der Waals surface area contributed by atoms with Crippen LogP contribution in [-0.2, 0) is 9.53 Å². The second kappa shape index (κ2) is 15.5. The Morgan fingerprint density at radius 3 is 2.08 bits per heavy atom. The van der Waals surface area contributed by atoms with Crippen LogP contribution in [0.25, 0.3) is 0 Å². The predicted octanol–water partition coefficient (Wildman–Crippen LogP) is 7.03. The van der Waals surface area contributed by atoms with Gasteiger partial charge >= 0.3 is 12.2 Å². The lowest BCUT2D eigenvalue weighted by atomic mass is 9.92. The van der Waals surface area contributed by atoms with Gasteiger partial charge in [-0.1, -0.05) is 59.6 Å². The Hall–Kier alpha value is -3.03. The molecule has 0 aromatic heterocycles. The first kappa shape index (κ1) is 35.8. The molecule has 49 heavy (non-hydrogen) atoms. The Kier molecular flexibility index (Phi) is 11.3. The van der Waals surface area contributed by atoms with Gasteiger partial charge in [-0.05, 0) is 42.3 Å². The number of thioether (sulfide) groups is 1. The number of hydrogen-bond donors (Lipinski definition) is 0.